The smallest absolute Gasteiger partial charge is 0.257 e. The standard InChI is InChI=1S/C26H20N4OS/c31-25(19-9-5-2-6-10-19)30-26-29-22-13-12-20(17-23(22)32-26)21-15-16-27-24(28-21)14-11-18-7-3-1-4-8-18/h1-10,12-13,15-17H,11,14H2,(H,29,30,31). The fourth-order valence-corrected chi connectivity index (χ4v) is 4.38. The van der Waals surface area contributed by atoms with Gasteiger partial charge in [-0.05, 0) is 42.3 Å². The maximum atomic E-state index is 12.4. The fraction of sp³-hybridized carbons (Fsp3) is 0.0769. The minimum atomic E-state index is -0.163. The Morgan fingerprint density at radius 2 is 1.62 bits per heavy atom. The summed E-state index contributed by atoms with van der Waals surface area (Å²) >= 11 is 1.45. The topological polar surface area (TPSA) is 67.8 Å². The summed E-state index contributed by atoms with van der Waals surface area (Å²) < 4.78 is 0.996. The van der Waals surface area contributed by atoms with Gasteiger partial charge >= 0.3 is 0 Å². The first-order chi connectivity index (χ1) is 15.7. The van der Waals surface area contributed by atoms with Gasteiger partial charge < -0.3 is 0 Å². The largest absolute Gasteiger partial charge is 0.298 e. The van der Waals surface area contributed by atoms with Crippen LogP contribution in [0.15, 0.2) is 91.1 Å². The Labute approximate surface area is 189 Å². The Morgan fingerprint density at radius 3 is 2.44 bits per heavy atom. The molecule has 0 atom stereocenters. The fourth-order valence-electron chi connectivity index (χ4n) is 3.48. The van der Waals surface area contributed by atoms with Gasteiger partial charge in [-0.2, -0.15) is 0 Å². The molecule has 0 fully saturated rings. The Kier molecular flexibility index (Phi) is 5.68. The van der Waals surface area contributed by atoms with E-state index in [1.165, 1.54) is 16.9 Å². The van der Waals surface area contributed by atoms with Crippen LogP contribution in [0.5, 0.6) is 0 Å². The highest BCUT2D eigenvalue weighted by atomic mass is 32.1. The van der Waals surface area contributed by atoms with Crippen LogP contribution in [0.3, 0.4) is 0 Å². The second-order valence-corrected chi connectivity index (χ2v) is 8.40. The van der Waals surface area contributed by atoms with Gasteiger partial charge in [-0.1, -0.05) is 65.9 Å². The van der Waals surface area contributed by atoms with E-state index in [1.54, 1.807) is 12.1 Å². The lowest BCUT2D eigenvalue weighted by Gasteiger charge is -2.04. The number of hydrogen-bond acceptors (Lipinski definition) is 5. The summed E-state index contributed by atoms with van der Waals surface area (Å²) in [5.74, 6) is 0.662. The summed E-state index contributed by atoms with van der Waals surface area (Å²) in [6.45, 7) is 0. The summed E-state index contributed by atoms with van der Waals surface area (Å²) in [5, 5.41) is 3.47. The molecule has 3 aromatic carbocycles. The molecule has 0 radical (unpaired) electrons. The molecule has 0 aliphatic rings. The van der Waals surface area contributed by atoms with Crippen molar-refractivity contribution in [1.82, 2.24) is 15.0 Å². The number of aryl methyl sites for hydroxylation is 2. The second kappa shape index (κ2) is 9.08. The number of carbonyl (C=O) groups is 1. The van der Waals surface area contributed by atoms with Crippen molar-refractivity contribution >= 4 is 32.6 Å². The molecule has 1 amide bonds. The highest BCUT2D eigenvalue weighted by molar-refractivity contribution is 7.22. The van der Waals surface area contributed by atoms with Crippen LogP contribution < -0.4 is 5.32 Å². The highest BCUT2D eigenvalue weighted by Crippen LogP contribution is 2.30. The number of aromatic nitrogens is 3. The van der Waals surface area contributed by atoms with E-state index in [0.29, 0.717) is 10.7 Å². The number of rotatable bonds is 6. The first-order valence-electron chi connectivity index (χ1n) is 10.4. The molecule has 0 saturated carbocycles. The van der Waals surface area contributed by atoms with Crippen LogP contribution in [0, 0.1) is 0 Å². The van der Waals surface area contributed by atoms with E-state index in [-0.39, 0.29) is 5.91 Å². The van der Waals surface area contributed by atoms with Gasteiger partial charge in [-0.25, -0.2) is 15.0 Å². The van der Waals surface area contributed by atoms with Gasteiger partial charge in [0.15, 0.2) is 5.13 Å². The van der Waals surface area contributed by atoms with Crippen molar-refractivity contribution in [3.8, 4) is 11.3 Å². The third-order valence-electron chi connectivity index (χ3n) is 5.13. The summed E-state index contributed by atoms with van der Waals surface area (Å²) in [4.78, 5) is 26.2. The lowest BCUT2D eigenvalue weighted by atomic mass is 10.1. The summed E-state index contributed by atoms with van der Waals surface area (Å²) in [6.07, 6.45) is 3.50. The van der Waals surface area contributed by atoms with E-state index < -0.39 is 0 Å². The monoisotopic (exact) mass is 436 g/mol. The van der Waals surface area contributed by atoms with Crippen LogP contribution in [0.1, 0.15) is 21.7 Å². The van der Waals surface area contributed by atoms with Crippen LogP contribution in [0.4, 0.5) is 5.13 Å². The number of thiazole rings is 1. The molecule has 0 unspecified atom stereocenters. The zero-order valence-electron chi connectivity index (χ0n) is 17.2. The van der Waals surface area contributed by atoms with Crippen molar-refractivity contribution in [3.63, 3.8) is 0 Å². The quantitative estimate of drug-likeness (QED) is 0.366. The number of hydrogen-bond donors (Lipinski definition) is 1. The molecule has 0 aliphatic carbocycles. The third-order valence-corrected chi connectivity index (χ3v) is 6.06. The molecule has 2 aromatic heterocycles. The van der Waals surface area contributed by atoms with E-state index in [9.17, 15) is 4.79 Å². The Morgan fingerprint density at radius 1 is 0.844 bits per heavy atom. The zero-order valence-corrected chi connectivity index (χ0v) is 18.0. The Hall–Kier alpha value is -3.90. The minimum Gasteiger partial charge on any atom is -0.298 e. The molecule has 5 rings (SSSR count). The molecule has 0 bridgehead atoms. The van der Waals surface area contributed by atoms with Gasteiger partial charge in [0.1, 0.15) is 5.82 Å². The van der Waals surface area contributed by atoms with Crippen LogP contribution in [0.25, 0.3) is 21.5 Å². The molecule has 32 heavy (non-hydrogen) atoms. The molecule has 0 aliphatic heterocycles. The van der Waals surface area contributed by atoms with E-state index in [4.69, 9.17) is 4.98 Å². The van der Waals surface area contributed by atoms with E-state index in [2.05, 4.69) is 33.5 Å². The molecule has 156 valence electrons. The number of nitrogens with zero attached hydrogens (tertiary/aromatic N) is 3. The molecule has 0 spiro atoms. The van der Waals surface area contributed by atoms with Gasteiger partial charge in [-0.3, -0.25) is 10.1 Å². The molecule has 5 nitrogen and oxygen atoms in total. The SMILES string of the molecule is O=C(Nc1nc2ccc(-c3ccnc(CCc4ccccc4)n3)cc2s1)c1ccccc1. The number of carbonyl (C=O) groups excluding carboxylic acids is 1. The van der Waals surface area contributed by atoms with E-state index >= 15 is 0 Å². The van der Waals surface area contributed by atoms with E-state index in [1.807, 2.05) is 60.8 Å². The van der Waals surface area contributed by atoms with Gasteiger partial charge in [0.25, 0.3) is 5.91 Å². The lowest BCUT2D eigenvalue weighted by molar-refractivity contribution is 0.102. The van der Waals surface area contributed by atoms with Gasteiger partial charge in [0.2, 0.25) is 0 Å². The lowest BCUT2D eigenvalue weighted by Crippen LogP contribution is -2.11. The normalized spacial score (nSPS) is 10.9. The molecule has 0 saturated heterocycles. The summed E-state index contributed by atoms with van der Waals surface area (Å²) in [5.41, 5.74) is 4.62. The predicted octanol–water partition coefficient (Wildman–Crippen LogP) is 5.79. The average molecular weight is 437 g/mol. The molecule has 5 aromatic rings. The first kappa shape index (κ1) is 20.0. The molecule has 1 N–H and O–H groups in total. The van der Waals surface area contributed by atoms with Gasteiger partial charge in [0, 0.05) is 23.7 Å². The Bertz CT molecular complexity index is 1370. The molecular weight excluding hydrogens is 416 g/mol. The van der Waals surface area contributed by atoms with Crippen LogP contribution in [-0.2, 0) is 12.8 Å². The van der Waals surface area contributed by atoms with Gasteiger partial charge in [-0.15, -0.1) is 0 Å². The molecular formula is C26H20N4OS. The number of nitrogens with one attached hydrogen (secondary N) is 1. The zero-order chi connectivity index (χ0) is 21.8. The van der Waals surface area contributed by atoms with E-state index in [0.717, 1.165) is 40.1 Å². The second-order valence-electron chi connectivity index (χ2n) is 7.37. The first-order valence-corrected chi connectivity index (χ1v) is 11.2. The van der Waals surface area contributed by atoms with Crippen LogP contribution in [-0.4, -0.2) is 20.9 Å². The van der Waals surface area contributed by atoms with Crippen molar-refractivity contribution in [3.05, 3.63) is 108 Å². The Balaban J connectivity index is 1.34. The summed E-state index contributed by atoms with van der Waals surface area (Å²) in [6, 6.07) is 27.5. The van der Waals surface area contributed by atoms with Crippen molar-refractivity contribution < 1.29 is 4.79 Å². The van der Waals surface area contributed by atoms with Gasteiger partial charge in [0.05, 0.1) is 15.9 Å². The maximum Gasteiger partial charge on any atom is 0.257 e. The summed E-state index contributed by atoms with van der Waals surface area (Å²) in [7, 11) is 0. The highest BCUT2D eigenvalue weighted by Gasteiger charge is 2.11. The number of benzene rings is 3. The molecule has 2 heterocycles. The number of amides is 1. The average Bonchev–Trinajstić information content (AvgIpc) is 3.25. The molecule has 6 heteroatoms. The van der Waals surface area contributed by atoms with Crippen LogP contribution >= 0.6 is 11.3 Å². The van der Waals surface area contributed by atoms with Crippen LogP contribution in [0.2, 0.25) is 0 Å². The van der Waals surface area contributed by atoms with Crippen molar-refractivity contribution in [2.45, 2.75) is 12.8 Å². The number of anilines is 1. The maximum absolute atomic E-state index is 12.4. The van der Waals surface area contributed by atoms with Crippen molar-refractivity contribution in [2.24, 2.45) is 0 Å². The predicted molar refractivity (Wildman–Crippen MR) is 129 cm³/mol. The minimum absolute atomic E-state index is 0.163. The number of fused-ring (bicyclic) bond motifs is 1. The third kappa shape index (κ3) is 4.55. The van der Waals surface area contributed by atoms with Crippen molar-refractivity contribution in [2.75, 3.05) is 5.32 Å². The van der Waals surface area contributed by atoms with Crippen molar-refractivity contribution in [1.29, 1.82) is 0 Å².